The quantitative estimate of drug-likeness (QED) is 0.661. The van der Waals surface area contributed by atoms with Crippen molar-refractivity contribution >= 4 is 27.7 Å². The number of aliphatic hydroxyl groups excluding tert-OH is 1. The van der Waals surface area contributed by atoms with Gasteiger partial charge in [-0.2, -0.15) is 5.10 Å². The second-order valence-electron chi connectivity index (χ2n) is 3.28. The fraction of sp³-hybridized carbons (Fsp3) is 0.273. The minimum atomic E-state index is -0.798. The molecule has 2 N–H and O–H groups in total. The number of amides is 1. The Bertz CT molecular complexity index is 415. The van der Waals surface area contributed by atoms with Crippen molar-refractivity contribution in [2.45, 2.75) is 13.0 Å². The van der Waals surface area contributed by atoms with Crippen LogP contribution in [0.2, 0.25) is 0 Å². The Labute approximate surface area is 108 Å². The van der Waals surface area contributed by atoms with Gasteiger partial charge in [-0.15, -0.1) is 0 Å². The van der Waals surface area contributed by atoms with Crippen molar-refractivity contribution in [1.82, 2.24) is 5.43 Å². The van der Waals surface area contributed by atoms with Gasteiger partial charge in [0.05, 0.1) is 18.9 Å². The number of halogens is 1. The van der Waals surface area contributed by atoms with E-state index in [1.807, 2.05) is 12.1 Å². The number of ether oxygens (including phenoxy) is 1. The molecule has 0 heterocycles. The van der Waals surface area contributed by atoms with Crippen molar-refractivity contribution in [1.29, 1.82) is 0 Å². The lowest BCUT2D eigenvalue weighted by molar-refractivity contribution is 0.171. The number of hydrazone groups is 1. The Morgan fingerprint density at radius 2 is 2.06 bits per heavy atom. The zero-order chi connectivity index (χ0) is 12.8. The SMILES string of the molecule is COC(=O)NN=C(c1ccc(Br)cc1)C(C)O. The van der Waals surface area contributed by atoms with Gasteiger partial charge in [0.15, 0.2) is 0 Å². The number of hydrogen-bond donors (Lipinski definition) is 2. The highest BCUT2D eigenvalue weighted by atomic mass is 79.9. The van der Waals surface area contributed by atoms with Gasteiger partial charge < -0.3 is 9.84 Å². The maximum absolute atomic E-state index is 10.9. The molecule has 0 aliphatic heterocycles. The van der Waals surface area contributed by atoms with Gasteiger partial charge in [-0.05, 0) is 19.1 Å². The van der Waals surface area contributed by atoms with Crippen LogP contribution in [0.1, 0.15) is 12.5 Å². The van der Waals surface area contributed by atoms with Gasteiger partial charge in [-0.1, -0.05) is 28.1 Å². The molecule has 1 rings (SSSR count). The van der Waals surface area contributed by atoms with E-state index in [9.17, 15) is 9.90 Å². The summed E-state index contributed by atoms with van der Waals surface area (Å²) >= 11 is 3.31. The molecule has 0 bridgehead atoms. The van der Waals surface area contributed by atoms with Gasteiger partial charge in [0.25, 0.3) is 0 Å². The van der Waals surface area contributed by atoms with E-state index >= 15 is 0 Å². The van der Waals surface area contributed by atoms with Crippen LogP contribution in [0.4, 0.5) is 4.79 Å². The lowest BCUT2D eigenvalue weighted by Gasteiger charge is -2.09. The summed E-state index contributed by atoms with van der Waals surface area (Å²) in [5, 5.41) is 13.4. The average Bonchev–Trinajstić information content (AvgIpc) is 2.31. The van der Waals surface area contributed by atoms with E-state index in [4.69, 9.17) is 0 Å². The molecule has 1 unspecified atom stereocenters. The number of benzene rings is 1. The van der Waals surface area contributed by atoms with E-state index < -0.39 is 12.2 Å². The predicted octanol–water partition coefficient (Wildman–Crippen LogP) is 1.89. The number of rotatable bonds is 3. The number of carbonyl (C=O) groups excluding carboxylic acids is 1. The Kier molecular flexibility index (Phi) is 5.11. The summed E-state index contributed by atoms with van der Waals surface area (Å²) in [6, 6.07) is 7.22. The monoisotopic (exact) mass is 300 g/mol. The molecular weight excluding hydrogens is 288 g/mol. The average molecular weight is 301 g/mol. The second kappa shape index (κ2) is 6.36. The zero-order valence-corrected chi connectivity index (χ0v) is 11.1. The number of nitrogens with zero attached hydrogens (tertiary/aromatic N) is 1. The van der Waals surface area contributed by atoms with E-state index in [-0.39, 0.29) is 0 Å². The van der Waals surface area contributed by atoms with Crippen LogP contribution in [0.3, 0.4) is 0 Å². The molecule has 0 aromatic heterocycles. The largest absolute Gasteiger partial charge is 0.452 e. The topological polar surface area (TPSA) is 70.9 Å². The summed E-state index contributed by atoms with van der Waals surface area (Å²) < 4.78 is 5.31. The van der Waals surface area contributed by atoms with E-state index in [2.05, 4.69) is 31.2 Å². The predicted molar refractivity (Wildman–Crippen MR) is 67.9 cm³/mol. The van der Waals surface area contributed by atoms with Gasteiger partial charge in [0.1, 0.15) is 0 Å². The Morgan fingerprint density at radius 3 is 2.53 bits per heavy atom. The zero-order valence-electron chi connectivity index (χ0n) is 9.48. The van der Waals surface area contributed by atoms with Crippen LogP contribution in [0.15, 0.2) is 33.8 Å². The van der Waals surface area contributed by atoms with Crippen molar-refractivity contribution in [3.05, 3.63) is 34.3 Å². The third kappa shape index (κ3) is 4.16. The van der Waals surface area contributed by atoms with Crippen molar-refractivity contribution in [3.8, 4) is 0 Å². The summed E-state index contributed by atoms with van der Waals surface area (Å²) in [6.07, 6.45) is -1.48. The van der Waals surface area contributed by atoms with Crippen LogP contribution in [-0.2, 0) is 4.74 Å². The lowest BCUT2D eigenvalue weighted by Crippen LogP contribution is -2.25. The highest BCUT2D eigenvalue weighted by Gasteiger charge is 2.11. The normalized spacial score (nSPS) is 13.1. The third-order valence-electron chi connectivity index (χ3n) is 1.99. The number of aliphatic hydroxyl groups is 1. The van der Waals surface area contributed by atoms with Gasteiger partial charge in [0.2, 0.25) is 0 Å². The first-order chi connectivity index (χ1) is 8.04. The highest BCUT2D eigenvalue weighted by molar-refractivity contribution is 9.10. The standard InChI is InChI=1S/C11H13BrN2O3/c1-7(15)10(13-14-11(16)17-2)8-3-5-9(12)6-4-8/h3-7,15H,1-2H3,(H,14,16). The maximum Gasteiger partial charge on any atom is 0.427 e. The molecule has 0 aliphatic rings. The molecule has 5 nitrogen and oxygen atoms in total. The molecule has 1 atom stereocenters. The van der Waals surface area contributed by atoms with Crippen molar-refractivity contribution in [2.75, 3.05) is 7.11 Å². The van der Waals surface area contributed by atoms with Crippen molar-refractivity contribution in [3.63, 3.8) is 0 Å². The molecule has 1 aromatic rings. The molecule has 0 saturated carbocycles. The number of hydrogen-bond acceptors (Lipinski definition) is 4. The van der Waals surface area contributed by atoms with Crippen LogP contribution in [-0.4, -0.2) is 30.1 Å². The number of nitrogens with one attached hydrogen (secondary N) is 1. The van der Waals surface area contributed by atoms with E-state index in [0.717, 1.165) is 10.0 Å². The minimum absolute atomic E-state index is 0.364. The Hall–Kier alpha value is -1.40. The molecule has 0 fully saturated rings. The second-order valence-corrected chi connectivity index (χ2v) is 4.20. The van der Waals surface area contributed by atoms with E-state index in [1.54, 1.807) is 19.1 Å². The smallest absolute Gasteiger partial charge is 0.427 e. The molecule has 1 amide bonds. The van der Waals surface area contributed by atoms with Gasteiger partial charge >= 0.3 is 6.09 Å². The van der Waals surface area contributed by atoms with Crippen LogP contribution < -0.4 is 5.43 Å². The lowest BCUT2D eigenvalue weighted by atomic mass is 10.1. The number of methoxy groups -OCH3 is 1. The number of carbonyl (C=O) groups is 1. The third-order valence-corrected chi connectivity index (χ3v) is 2.52. The molecule has 0 spiro atoms. The van der Waals surface area contributed by atoms with Gasteiger partial charge in [-0.3, -0.25) is 0 Å². The van der Waals surface area contributed by atoms with Crippen LogP contribution in [0.25, 0.3) is 0 Å². The Balaban J connectivity index is 2.93. The first kappa shape index (κ1) is 13.7. The van der Waals surface area contributed by atoms with Crippen molar-refractivity contribution in [2.24, 2.45) is 5.10 Å². The van der Waals surface area contributed by atoms with Gasteiger partial charge in [0, 0.05) is 10.0 Å². The minimum Gasteiger partial charge on any atom is -0.452 e. The van der Waals surface area contributed by atoms with Crippen molar-refractivity contribution < 1.29 is 14.6 Å². The van der Waals surface area contributed by atoms with Gasteiger partial charge in [-0.25, -0.2) is 10.2 Å². The molecule has 1 aromatic carbocycles. The summed E-state index contributed by atoms with van der Waals surface area (Å²) in [7, 11) is 1.24. The first-order valence-corrected chi connectivity index (χ1v) is 5.69. The first-order valence-electron chi connectivity index (χ1n) is 4.90. The fourth-order valence-electron chi connectivity index (χ4n) is 1.17. The van der Waals surface area contributed by atoms with Crippen LogP contribution in [0.5, 0.6) is 0 Å². The Morgan fingerprint density at radius 1 is 1.47 bits per heavy atom. The molecule has 0 radical (unpaired) electrons. The summed E-state index contributed by atoms with van der Waals surface area (Å²) in [5.74, 6) is 0. The molecular formula is C11H13BrN2O3. The molecule has 0 aliphatic carbocycles. The highest BCUT2D eigenvalue weighted by Crippen LogP contribution is 2.12. The molecule has 17 heavy (non-hydrogen) atoms. The molecule has 6 heteroatoms. The molecule has 0 saturated heterocycles. The summed E-state index contributed by atoms with van der Waals surface area (Å²) in [6.45, 7) is 1.57. The van der Waals surface area contributed by atoms with E-state index in [0.29, 0.717) is 5.71 Å². The van der Waals surface area contributed by atoms with Crippen LogP contribution in [0, 0.1) is 0 Å². The molecule has 92 valence electrons. The summed E-state index contributed by atoms with van der Waals surface area (Å²) in [5.41, 5.74) is 3.27. The fourth-order valence-corrected chi connectivity index (χ4v) is 1.44. The summed E-state index contributed by atoms with van der Waals surface area (Å²) in [4.78, 5) is 10.9. The van der Waals surface area contributed by atoms with E-state index in [1.165, 1.54) is 7.11 Å². The maximum atomic E-state index is 10.9. The van der Waals surface area contributed by atoms with Crippen LogP contribution >= 0.6 is 15.9 Å².